The Morgan fingerprint density at radius 2 is 2.00 bits per heavy atom. The average Bonchev–Trinajstić information content (AvgIpc) is 2.55. The largest absolute Gasteiger partial charge is 0.379 e. The molecule has 23 heavy (non-hydrogen) atoms. The van der Waals surface area contributed by atoms with Crippen LogP contribution in [0.15, 0.2) is 0 Å². The quantitative estimate of drug-likeness (QED) is 0.733. The van der Waals surface area contributed by atoms with Gasteiger partial charge in [0.05, 0.1) is 25.0 Å². The van der Waals surface area contributed by atoms with Crippen LogP contribution in [0.5, 0.6) is 0 Å². The van der Waals surface area contributed by atoms with Crippen LogP contribution >= 0.6 is 0 Å². The van der Waals surface area contributed by atoms with Gasteiger partial charge in [0.25, 0.3) is 0 Å². The van der Waals surface area contributed by atoms with E-state index in [2.05, 4.69) is 5.32 Å². The molecule has 0 aromatic heterocycles. The molecule has 0 aromatic carbocycles. The van der Waals surface area contributed by atoms with E-state index in [0.717, 1.165) is 19.4 Å². The Kier molecular flexibility index (Phi) is 6.82. The molecule has 0 saturated carbocycles. The van der Waals surface area contributed by atoms with Crippen LogP contribution in [-0.4, -0.2) is 80.8 Å². The Morgan fingerprint density at radius 3 is 2.65 bits per heavy atom. The van der Waals surface area contributed by atoms with E-state index in [1.54, 1.807) is 4.31 Å². The highest BCUT2D eigenvalue weighted by atomic mass is 32.2. The summed E-state index contributed by atoms with van der Waals surface area (Å²) in [4.78, 5) is 14.0. The maximum atomic E-state index is 12.7. The molecule has 0 bridgehead atoms. The summed E-state index contributed by atoms with van der Waals surface area (Å²) in [6.45, 7) is 7.30. The first kappa shape index (κ1) is 18.6. The number of likely N-dealkylation sites (tertiary alicyclic amines) is 1. The number of carbonyl (C=O) groups excluding carboxylic acids is 1. The first-order chi connectivity index (χ1) is 10.9. The van der Waals surface area contributed by atoms with Crippen molar-refractivity contribution in [3.63, 3.8) is 0 Å². The minimum atomic E-state index is -3.30. The summed E-state index contributed by atoms with van der Waals surface area (Å²) in [6.07, 6.45) is 2.37. The van der Waals surface area contributed by atoms with Crippen molar-refractivity contribution in [2.75, 3.05) is 45.9 Å². The van der Waals surface area contributed by atoms with Crippen molar-refractivity contribution in [1.29, 1.82) is 0 Å². The lowest BCUT2D eigenvalue weighted by Gasteiger charge is -2.36. The molecule has 2 aliphatic rings. The maximum Gasteiger partial charge on any atom is 0.234 e. The number of piperidine rings is 1. The zero-order valence-electron chi connectivity index (χ0n) is 14.2. The van der Waals surface area contributed by atoms with Gasteiger partial charge in [-0.15, -0.1) is 0 Å². The van der Waals surface area contributed by atoms with Gasteiger partial charge in [-0.25, -0.2) is 8.42 Å². The summed E-state index contributed by atoms with van der Waals surface area (Å²) in [5, 5.41) is 2.53. The minimum absolute atomic E-state index is 0.0243. The second kappa shape index (κ2) is 8.41. The number of hydrogen-bond acceptors (Lipinski definition) is 5. The smallest absolute Gasteiger partial charge is 0.234 e. The van der Waals surface area contributed by atoms with Gasteiger partial charge in [0.15, 0.2) is 0 Å². The molecule has 1 amide bonds. The molecule has 2 fully saturated rings. The van der Waals surface area contributed by atoms with Gasteiger partial charge in [-0.1, -0.05) is 6.92 Å². The number of nitrogens with one attached hydrogen (secondary N) is 1. The number of amides is 1. The first-order valence-corrected chi connectivity index (χ1v) is 10.0. The minimum Gasteiger partial charge on any atom is -0.379 e. The molecule has 2 aliphatic heterocycles. The van der Waals surface area contributed by atoms with Gasteiger partial charge >= 0.3 is 0 Å². The van der Waals surface area contributed by atoms with Crippen LogP contribution in [0.4, 0.5) is 0 Å². The van der Waals surface area contributed by atoms with Crippen LogP contribution < -0.4 is 5.32 Å². The fourth-order valence-electron chi connectivity index (χ4n) is 3.04. The van der Waals surface area contributed by atoms with Gasteiger partial charge in [0, 0.05) is 25.7 Å². The monoisotopic (exact) mass is 347 g/mol. The fraction of sp³-hybridized carbons (Fsp3) is 0.933. The molecule has 134 valence electrons. The van der Waals surface area contributed by atoms with E-state index >= 15 is 0 Å². The number of sulfonamides is 1. The van der Waals surface area contributed by atoms with E-state index < -0.39 is 15.3 Å². The Morgan fingerprint density at radius 1 is 1.30 bits per heavy atom. The lowest BCUT2D eigenvalue weighted by atomic mass is 10.1. The molecule has 2 atom stereocenters. The Balaban J connectivity index is 1.90. The second-order valence-electron chi connectivity index (χ2n) is 6.43. The number of ether oxygens (including phenoxy) is 1. The third-order valence-electron chi connectivity index (χ3n) is 4.60. The van der Waals surface area contributed by atoms with Gasteiger partial charge < -0.3 is 10.1 Å². The fourth-order valence-corrected chi connectivity index (χ4v) is 4.98. The Bertz CT molecular complexity index is 491. The normalized spacial score (nSPS) is 25.9. The molecule has 0 radical (unpaired) electrons. The molecule has 8 heteroatoms. The molecule has 0 spiro atoms. The summed E-state index contributed by atoms with van der Waals surface area (Å²) in [7, 11) is -3.30. The zero-order chi connectivity index (χ0) is 16.9. The van der Waals surface area contributed by atoms with E-state index in [1.807, 2.05) is 18.7 Å². The molecule has 2 saturated heterocycles. The van der Waals surface area contributed by atoms with E-state index in [0.29, 0.717) is 39.3 Å². The van der Waals surface area contributed by atoms with Crippen LogP contribution in [0.25, 0.3) is 0 Å². The van der Waals surface area contributed by atoms with Crippen LogP contribution in [0.1, 0.15) is 33.1 Å². The number of carbonyl (C=O) groups is 1. The van der Waals surface area contributed by atoms with Crippen LogP contribution in [0, 0.1) is 0 Å². The van der Waals surface area contributed by atoms with Crippen molar-refractivity contribution < 1.29 is 17.9 Å². The summed E-state index contributed by atoms with van der Waals surface area (Å²) in [5.41, 5.74) is 0. The topological polar surface area (TPSA) is 79.0 Å². The third-order valence-corrected chi connectivity index (χ3v) is 6.91. The van der Waals surface area contributed by atoms with E-state index in [9.17, 15) is 13.2 Å². The lowest BCUT2D eigenvalue weighted by Crippen LogP contribution is -2.52. The third kappa shape index (κ3) is 5.14. The van der Waals surface area contributed by atoms with Crippen molar-refractivity contribution in [2.45, 2.75) is 44.4 Å². The molecular formula is C15H29N3O4S. The summed E-state index contributed by atoms with van der Waals surface area (Å²) >= 11 is 0. The first-order valence-electron chi connectivity index (χ1n) is 8.52. The summed E-state index contributed by atoms with van der Waals surface area (Å²) < 4.78 is 32.3. The molecule has 0 aliphatic carbocycles. The Labute approximate surface area is 139 Å². The molecule has 2 rings (SSSR count). The van der Waals surface area contributed by atoms with Gasteiger partial charge in [0.2, 0.25) is 15.9 Å². The highest BCUT2D eigenvalue weighted by Gasteiger charge is 2.36. The molecular weight excluding hydrogens is 318 g/mol. The maximum absolute atomic E-state index is 12.7. The van der Waals surface area contributed by atoms with Crippen molar-refractivity contribution in [2.24, 2.45) is 0 Å². The van der Waals surface area contributed by atoms with Crippen molar-refractivity contribution in [3.8, 4) is 0 Å². The van der Waals surface area contributed by atoms with Crippen molar-refractivity contribution in [3.05, 3.63) is 0 Å². The van der Waals surface area contributed by atoms with E-state index in [1.165, 1.54) is 0 Å². The average molecular weight is 347 g/mol. The van der Waals surface area contributed by atoms with Crippen LogP contribution in [-0.2, 0) is 19.6 Å². The second-order valence-corrected chi connectivity index (χ2v) is 8.65. The summed E-state index contributed by atoms with van der Waals surface area (Å²) in [5.74, 6) is -0.0243. The van der Waals surface area contributed by atoms with E-state index in [4.69, 9.17) is 4.74 Å². The number of morpholine rings is 1. The number of rotatable bonds is 6. The van der Waals surface area contributed by atoms with Crippen LogP contribution in [0.2, 0.25) is 0 Å². The van der Waals surface area contributed by atoms with Crippen molar-refractivity contribution >= 4 is 15.9 Å². The summed E-state index contributed by atoms with van der Waals surface area (Å²) in [6, 6.07) is 0.153. The standard InChI is InChI=1S/C15H29N3O4S/c1-3-13(2)16-15(19)12-17-6-4-5-14(11-17)23(20,21)18-7-9-22-10-8-18/h13-14H,3-12H2,1-2H3,(H,16,19)/t13-,14-/m0/s1. The predicted molar refractivity (Wildman–Crippen MR) is 88.7 cm³/mol. The van der Waals surface area contributed by atoms with Gasteiger partial charge in [-0.2, -0.15) is 4.31 Å². The SMILES string of the molecule is CC[C@H](C)NC(=O)CN1CCC[C@H](S(=O)(=O)N2CCOCC2)C1. The highest BCUT2D eigenvalue weighted by Crippen LogP contribution is 2.21. The number of hydrogen-bond donors (Lipinski definition) is 1. The Hall–Kier alpha value is -0.700. The molecule has 2 heterocycles. The molecule has 0 aromatic rings. The van der Waals surface area contributed by atoms with Gasteiger partial charge in [0.1, 0.15) is 0 Å². The molecule has 0 unspecified atom stereocenters. The molecule has 7 nitrogen and oxygen atoms in total. The van der Waals surface area contributed by atoms with Gasteiger partial charge in [-0.3, -0.25) is 9.69 Å². The number of nitrogens with zero attached hydrogens (tertiary/aromatic N) is 2. The van der Waals surface area contributed by atoms with E-state index in [-0.39, 0.29) is 18.5 Å². The zero-order valence-corrected chi connectivity index (χ0v) is 15.0. The highest BCUT2D eigenvalue weighted by molar-refractivity contribution is 7.89. The molecule has 1 N–H and O–H groups in total. The van der Waals surface area contributed by atoms with Crippen molar-refractivity contribution in [1.82, 2.24) is 14.5 Å². The van der Waals surface area contributed by atoms with Gasteiger partial charge in [-0.05, 0) is 32.7 Å². The van der Waals surface area contributed by atoms with Crippen LogP contribution in [0.3, 0.4) is 0 Å². The predicted octanol–water partition coefficient (Wildman–Crippen LogP) is 0.0275. The lowest BCUT2D eigenvalue weighted by molar-refractivity contribution is -0.123.